The Morgan fingerprint density at radius 2 is 1.78 bits per heavy atom. The largest absolute Gasteiger partial charge is 0.354 e. The van der Waals surface area contributed by atoms with Crippen LogP contribution < -0.4 is 16.0 Å². The summed E-state index contributed by atoms with van der Waals surface area (Å²) in [7, 11) is 1.88. The second kappa shape index (κ2) is 11.0. The van der Waals surface area contributed by atoms with Gasteiger partial charge in [0, 0.05) is 12.1 Å². The molecule has 1 aromatic rings. The number of rotatable bonds is 8. The van der Waals surface area contributed by atoms with Crippen molar-refractivity contribution < 1.29 is 9.59 Å². The van der Waals surface area contributed by atoms with Crippen LogP contribution >= 0.6 is 12.4 Å². The lowest BCUT2D eigenvalue weighted by atomic mass is 10.0. The summed E-state index contributed by atoms with van der Waals surface area (Å²) in [6.07, 6.45) is 0.860. The van der Waals surface area contributed by atoms with E-state index in [0.29, 0.717) is 12.1 Å². The molecule has 0 bridgehead atoms. The Labute approximate surface area is 145 Å². The van der Waals surface area contributed by atoms with Crippen LogP contribution in [0, 0.1) is 12.8 Å². The van der Waals surface area contributed by atoms with Crippen LogP contribution in [0.4, 0.5) is 0 Å². The Kier molecular flexibility index (Phi) is 10.3. The van der Waals surface area contributed by atoms with Crippen molar-refractivity contribution in [1.82, 2.24) is 16.0 Å². The highest BCUT2D eigenvalue weighted by atomic mass is 35.5. The maximum atomic E-state index is 12.4. The van der Waals surface area contributed by atoms with Crippen molar-refractivity contribution in [2.24, 2.45) is 5.92 Å². The van der Waals surface area contributed by atoms with Gasteiger partial charge in [0.25, 0.3) is 5.91 Å². The Balaban J connectivity index is 0.00000484. The van der Waals surface area contributed by atoms with Crippen molar-refractivity contribution in [2.45, 2.75) is 33.2 Å². The second-order valence-electron chi connectivity index (χ2n) is 5.76. The van der Waals surface area contributed by atoms with E-state index in [1.807, 2.05) is 46.0 Å². The highest BCUT2D eigenvalue weighted by Crippen LogP contribution is 2.09. The predicted octanol–water partition coefficient (Wildman–Crippen LogP) is 1.90. The third-order valence-corrected chi connectivity index (χ3v) is 3.53. The molecule has 0 heterocycles. The number of carbonyl (C=O) groups excluding carboxylic acids is 2. The van der Waals surface area contributed by atoms with Crippen LogP contribution in [0.1, 0.15) is 36.2 Å². The lowest BCUT2D eigenvalue weighted by Gasteiger charge is -2.22. The van der Waals surface area contributed by atoms with E-state index in [0.717, 1.165) is 18.5 Å². The molecule has 1 rings (SSSR count). The molecular weight excluding hydrogens is 314 g/mol. The van der Waals surface area contributed by atoms with Crippen LogP contribution in [0.2, 0.25) is 0 Å². The Morgan fingerprint density at radius 3 is 2.35 bits per heavy atom. The molecule has 2 amide bonds. The molecule has 0 saturated carbocycles. The first-order valence-electron chi connectivity index (χ1n) is 7.76. The molecule has 5 nitrogen and oxygen atoms in total. The van der Waals surface area contributed by atoms with Gasteiger partial charge in [0.2, 0.25) is 5.91 Å². The summed E-state index contributed by atoms with van der Waals surface area (Å²) in [5.74, 6) is -0.313. The van der Waals surface area contributed by atoms with Crippen molar-refractivity contribution in [1.29, 1.82) is 0 Å². The van der Waals surface area contributed by atoms with E-state index in [-0.39, 0.29) is 30.1 Å². The van der Waals surface area contributed by atoms with Crippen LogP contribution in [0.3, 0.4) is 0 Å². The van der Waals surface area contributed by atoms with E-state index in [9.17, 15) is 9.59 Å². The molecule has 130 valence electrons. The van der Waals surface area contributed by atoms with Gasteiger partial charge in [-0.25, -0.2) is 0 Å². The van der Waals surface area contributed by atoms with Crippen molar-refractivity contribution in [3.63, 3.8) is 0 Å². The van der Waals surface area contributed by atoms with E-state index in [1.54, 1.807) is 6.07 Å². The fourth-order valence-electron chi connectivity index (χ4n) is 2.17. The van der Waals surface area contributed by atoms with E-state index in [2.05, 4.69) is 16.0 Å². The first kappa shape index (κ1) is 21.4. The highest BCUT2D eigenvalue weighted by molar-refractivity contribution is 5.98. The van der Waals surface area contributed by atoms with Gasteiger partial charge in [-0.3, -0.25) is 9.59 Å². The topological polar surface area (TPSA) is 70.2 Å². The number of nitrogens with one attached hydrogen (secondary N) is 3. The average Bonchev–Trinajstić information content (AvgIpc) is 2.49. The van der Waals surface area contributed by atoms with Gasteiger partial charge < -0.3 is 16.0 Å². The van der Waals surface area contributed by atoms with Crippen LogP contribution in [0.25, 0.3) is 0 Å². The van der Waals surface area contributed by atoms with Gasteiger partial charge in [-0.05, 0) is 44.5 Å². The summed E-state index contributed by atoms with van der Waals surface area (Å²) in [5, 5.41) is 8.76. The molecule has 23 heavy (non-hydrogen) atoms. The summed E-state index contributed by atoms with van der Waals surface area (Å²) in [6.45, 7) is 7.19. The monoisotopic (exact) mass is 341 g/mol. The van der Waals surface area contributed by atoms with E-state index in [4.69, 9.17) is 0 Å². The third-order valence-electron chi connectivity index (χ3n) is 3.53. The zero-order valence-corrected chi connectivity index (χ0v) is 15.1. The number of carbonyl (C=O) groups is 2. The molecular formula is C17H28ClN3O2. The maximum absolute atomic E-state index is 12.4. The van der Waals surface area contributed by atoms with Crippen LogP contribution in [-0.2, 0) is 4.79 Å². The third kappa shape index (κ3) is 7.01. The van der Waals surface area contributed by atoms with Crippen molar-refractivity contribution in [2.75, 3.05) is 20.1 Å². The van der Waals surface area contributed by atoms with E-state index >= 15 is 0 Å². The van der Waals surface area contributed by atoms with Gasteiger partial charge in [0.1, 0.15) is 6.04 Å². The number of aryl methyl sites for hydroxylation is 1. The number of hydrogen-bond acceptors (Lipinski definition) is 3. The Bertz CT molecular complexity index is 506. The van der Waals surface area contributed by atoms with Gasteiger partial charge in [0.15, 0.2) is 0 Å². The molecule has 0 aliphatic heterocycles. The fourth-order valence-corrected chi connectivity index (χ4v) is 2.17. The molecule has 0 aromatic heterocycles. The standard InChI is InChI=1S/C17H27N3O2.ClH/c1-12(2)15(17(22)19-11-7-10-18-4)20-16(21)14-9-6-5-8-13(14)3;/h5-6,8-9,12,15,18H,7,10-11H2,1-4H3,(H,19,22)(H,20,21);1H. The minimum absolute atomic E-state index is 0. The molecule has 1 aromatic carbocycles. The van der Waals surface area contributed by atoms with Crippen molar-refractivity contribution in [3.8, 4) is 0 Å². The Hall–Kier alpha value is -1.59. The zero-order chi connectivity index (χ0) is 16.5. The fraction of sp³-hybridized carbons (Fsp3) is 0.529. The number of amides is 2. The van der Waals surface area contributed by atoms with Crippen molar-refractivity contribution >= 4 is 24.2 Å². The summed E-state index contributed by atoms with van der Waals surface area (Å²) < 4.78 is 0. The molecule has 0 saturated heterocycles. The van der Waals surface area contributed by atoms with E-state index in [1.165, 1.54) is 0 Å². The predicted molar refractivity (Wildman–Crippen MR) is 96.1 cm³/mol. The number of hydrogen-bond donors (Lipinski definition) is 3. The summed E-state index contributed by atoms with van der Waals surface area (Å²) in [5.41, 5.74) is 1.51. The molecule has 1 atom stereocenters. The van der Waals surface area contributed by atoms with Gasteiger partial charge in [-0.15, -0.1) is 12.4 Å². The smallest absolute Gasteiger partial charge is 0.252 e. The lowest BCUT2D eigenvalue weighted by molar-refractivity contribution is -0.123. The number of benzene rings is 1. The maximum Gasteiger partial charge on any atom is 0.252 e. The van der Waals surface area contributed by atoms with Gasteiger partial charge in [-0.1, -0.05) is 32.0 Å². The molecule has 0 radical (unpaired) electrons. The molecule has 0 aliphatic carbocycles. The van der Waals surface area contributed by atoms with E-state index < -0.39 is 6.04 Å². The summed E-state index contributed by atoms with van der Waals surface area (Å²) >= 11 is 0. The van der Waals surface area contributed by atoms with Gasteiger partial charge in [0.05, 0.1) is 0 Å². The SMILES string of the molecule is CNCCCNC(=O)C(NC(=O)c1ccccc1C)C(C)C.Cl. The molecule has 6 heteroatoms. The minimum Gasteiger partial charge on any atom is -0.354 e. The van der Waals surface area contributed by atoms with Crippen LogP contribution in [0.15, 0.2) is 24.3 Å². The second-order valence-corrected chi connectivity index (χ2v) is 5.76. The number of halogens is 1. The minimum atomic E-state index is -0.526. The quantitative estimate of drug-likeness (QED) is 0.632. The lowest BCUT2D eigenvalue weighted by Crippen LogP contribution is -2.50. The summed E-state index contributed by atoms with van der Waals surface area (Å²) in [6, 6.07) is 6.84. The van der Waals surface area contributed by atoms with Crippen molar-refractivity contribution in [3.05, 3.63) is 35.4 Å². The Morgan fingerprint density at radius 1 is 1.13 bits per heavy atom. The normalized spacial score (nSPS) is 11.5. The molecule has 0 fully saturated rings. The highest BCUT2D eigenvalue weighted by Gasteiger charge is 2.24. The average molecular weight is 342 g/mol. The molecule has 3 N–H and O–H groups in total. The zero-order valence-electron chi connectivity index (χ0n) is 14.3. The first-order chi connectivity index (χ1) is 10.5. The van der Waals surface area contributed by atoms with Gasteiger partial charge >= 0.3 is 0 Å². The molecule has 0 aliphatic rings. The van der Waals surface area contributed by atoms with Crippen LogP contribution in [-0.4, -0.2) is 38.0 Å². The first-order valence-corrected chi connectivity index (χ1v) is 7.76. The summed E-state index contributed by atoms with van der Waals surface area (Å²) in [4.78, 5) is 24.6. The van der Waals surface area contributed by atoms with Gasteiger partial charge in [-0.2, -0.15) is 0 Å². The molecule has 0 spiro atoms. The molecule has 1 unspecified atom stereocenters. The van der Waals surface area contributed by atoms with Crippen LogP contribution in [0.5, 0.6) is 0 Å².